The lowest BCUT2D eigenvalue weighted by Crippen LogP contribution is -2.56. The summed E-state index contributed by atoms with van der Waals surface area (Å²) in [7, 11) is 0. The van der Waals surface area contributed by atoms with Gasteiger partial charge in [-0.2, -0.15) is 0 Å². The summed E-state index contributed by atoms with van der Waals surface area (Å²) in [6, 6.07) is 28.1. The van der Waals surface area contributed by atoms with Gasteiger partial charge in [0, 0.05) is 109 Å². The normalized spacial score (nSPS) is 15.9. The highest BCUT2D eigenvalue weighted by Gasteiger charge is 2.35. The SMILES string of the molecule is Cc1cc(C(=O)C(=O)N2CCN(C(=O)c3ccccc3)C[C@H]2C)ccc1-n1ccnc1.Cc1cc(C(=O)C(=O)N2CCN(C(=O)c3ccccc3)C[C@H]2C)ccc1Br.c1c[nH]cn1. The lowest BCUT2D eigenvalue weighted by molar-refractivity contribution is -0.130. The highest BCUT2D eigenvalue weighted by Crippen LogP contribution is 2.21. The molecule has 0 aliphatic carbocycles. The van der Waals surface area contributed by atoms with Crippen molar-refractivity contribution >= 4 is 51.1 Å². The number of halogens is 1. The number of hydrogen-bond acceptors (Lipinski definition) is 8. The van der Waals surface area contributed by atoms with E-state index in [1.807, 2.05) is 80.9 Å². The van der Waals surface area contributed by atoms with Gasteiger partial charge >= 0.3 is 0 Å². The maximum absolute atomic E-state index is 12.9. The second-order valence-corrected chi connectivity index (χ2v) is 16.1. The molecule has 2 saturated heterocycles. The van der Waals surface area contributed by atoms with Gasteiger partial charge in [-0.05, 0) is 99.5 Å². The van der Waals surface area contributed by atoms with E-state index in [-0.39, 0.29) is 23.9 Å². The Morgan fingerprint density at radius 2 is 1.11 bits per heavy atom. The smallest absolute Gasteiger partial charge is 0.295 e. The zero-order chi connectivity index (χ0) is 45.0. The van der Waals surface area contributed by atoms with Crippen LogP contribution < -0.4 is 0 Å². The number of aryl methyl sites for hydroxylation is 2. The first-order chi connectivity index (χ1) is 30.3. The van der Waals surface area contributed by atoms with Crippen LogP contribution in [0, 0.1) is 13.8 Å². The molecule has 0 saturated carbocycles. The molecule has 63 heavy (non-hydrogen) atoms. The molecule has 1 N–H and O–H groups in total. The van der Waals surface area contributed by atoms with Gasteiger partial charge in [0.25, 0.3) is 23.6 Å². The number of ketones is 2. The summed E-state index contributed by atoms with van der Waals surface area (Å²) in [5, 5.41) is 0. The largest absolute Gasteiger partial charge is 0.351 e. The van der Waals surface area contributed by atoms with Crippen LogP contribution in [0.5, 0.6) is 0 Å². The van der Waals surface area contributed by atoms with Crippen LogP contribution in [0.15, 0.2) is 139 Å². The Labute approximate surface area is 374 Å². The molecule has 14 nitrogen and oxygen atoms in total. The first kappa shape index (κ1) is 45.5. The summed E-state index contributed by atoms with van der Waals surface area (Å²) in [6.45, 7) is 9.79. The van der Waals surface area contributed by atoms with E-state index in [1.54, 1.807) is 105 Å². The van der Waals surface area contributed by atoms with Crippen LogP contribution >= 0.6 is 15.9 Å². The number of nitrogens with zero attached hydrogens (tertiary/aromatic N) is 7. The van der Waals surface area contributed by atoms with E-state index < -0.39 is 23.4 Å². The average molecular weight is 914 g/mol. The molecule has 2 fully saturated rings. The van der Waals surface area contributed by atoms with Crippen LogP contribution in [0.25, 0.3) is 5.69 Å². The van der Waals surface area contributed by atoms with Crippen molar-refractivity contribution in [2.24, 2.45) is 0 Å². The predicted molar refractivity (Wildman–Crippen MR) is 241 cm³/mol. The second kappa shape index (κ2) is 21.2. The number of aromatic amines is 1. The molecule has 8 rings (SSSR count). The zero-order valence-electron chi connectivity index (χ0n) is 35.6. The van der Waals surface area contributed by atoms with E-state index in [1.165, 1.54) is 0 Å². The minimum Gasteiger partial charge on any atom is -0.351 e. The molecule has 4 aromatic carbocycles. The van der Waals surface area contributed by atoms with Gasteiger partial charge in [0.05, 0.1) is 12.7 Å². The van der Waals surface area contributed by atoms with Gasteiger partial charge in [-0.25, -0.2) is 9.97 Å². The molecule has 0 radical (unpaired) electrons. The third kappa shape index (κ3) is 11.3. The number of Topliss-reactive ketones (excluding diaryl/α,β-unsaturated/α-hetero) is 2. The fourth-order valence-corrected chi connectivity index (χ4v) is 7.66. The number of carbonyl (C=O) groups excluding carboxylic acids is 6. The highest BCUT2D eigenvalue weighted by molar-refractivity contribution is 9.10. The minimum absolute atomic E-state index is 0.0515. The van der Waals surface area contributed by atoms with E-state index in [4.69, 9.17) is 0 Å². The number of imidazole rings is 2. The molecule has 2 atom stereocenters. The molecule has 2 aliphatic rings. The summed E-state index contributed by atoms with van der Waals surface area (Å²) in [6.07, 6.45) is 10.3. The summed E-state index contributed by atoms with van der Waals surface area (Å²) < 4.78 is 2.75. The predicted octanol–water partition coefficient (Wildman–Crippen LogP) is 6.46. The number of nitrogens with one attached hydrogen (secondary N) is 1. The number of H-pyrrole nitrogens is 1. The van der Waals surface area contributed by atoms with Gasteiger partial charge in [0.1, 0.15) is 0 Å². The fraction of sp³-hybridized carbons (Fsp3) is 0.250. The molecule has 0 spiro atoms. The van der Waals surface area contributed by atoms with Crippen LogP contribution in [0.1, 0.15) is 66.4 Å². The van der Waals surface area contributed by atoms with Crippen molar-refractivity contribution < 1.29 is 28.8 Å². The molecular weight excluding hydrogens is 864 g/mol. The quantitative estimate of drug-likeness (QED) is 0.141. The van der Waals surface area contributed by atoms with Gasteiger partial charge in [-0.3, -0.25) is 28.8 Å². The number of rotatable bonds is 7. The summed E-state index contributed by atoms with van der Waals surface area (Å²) in [5.41, 5.74) is 4.69. The molecular formula is C48H49BrN8O6. The van der Waals surface area contributed by atoms with Crippen LogP contribution in [0.3, 0.4) is 0 Å². The number of aromatic nitrogens is 4. The molecule has 2 aliphatic heterocycles. The van der Waals surface area contributed by atoms with Crippen LogP contribution in [0.2, 0.25) is 0 Å². The van der Waals surface area contributed by atoms with E-state index in [2.05, 4.69) is 30.9 Å². The molecule has 0 bridgehead atoms. The van der Waals surface area contributed by atoms with Gasteiger partial charge in [0.15, 0.2) is 0 Å². The van der Waals surface area contributed by atoms with Crippen LogP contribution in [0.4, 0.5) is 0 Å². The number of carbonyl (C=O) groups is 6. The molecule has 4 heterocycles. The zero-order valence-corrected chi connectivity index (χ0v) is 37.1. The Morgan fingerprint density at radius 3 is 1.51 bits per heavy atom. The van der Waals surface area contributed by atoms with Crippen LogP contribution in [-0.4, -0.2) is 126 Å². The first-order valence-electron chi connectivity index (χ1n) is 20.5. The van der Waals surface area contributed by atoms with Gasteiger partial charge in [-0.1, -0.05) is 52.3 Å². The number of piperazine rings is 2. The summed E-state index contributed by atoms with van der Waals surface area (Å²) in [5.74, 6) is -2.21. The maximum atomic E-state index is 12.9. The molecule has 324 valence electrons. The van der Waals surface area contributed by atoms with Gasteiger partial charge < -0.3 is 29.2 Å². The monoisotopic (exact) mass is 912 g/mol. The molecule has 0 unspecified atom stereocenters. The van der Waals surface area contributed by atoms with E-state index in [0.29, 0.717) is 61.5 Å². The van der Waals surface area contributed by atoms with Crippen molar-refractivity contribution in [1.82, 2.24) is 39.1 Å². The third-order valence-corrected chi connectivity index (χ3v) is 11.7. The minimum atomic E-state index is -0.533. The Morgan fingerprint density at radius 1 is 0.603 bits per heavy atom. The van der Waals surface area contributed by atoms with E-state index >= 15 is 0 Å². The van der Waals surface area contributed by atoms with Crippen molar-refractivity contribution in [3.8, 4) is 5.69 Å². The highest BCUT2D eigenvalue weighted by atomic mass is 79.9. The molecule has 15 heteroatoms. The van der Waals surface area contributed by atoms with Crippen molar-refractivity contribution in [3.63, 3.8) is 0 Å². The Balaban J connectivity index is 0.000000190. The van der Waals surface area contributed by atoms with Gasteiger partial charge in [-0.15, -0.1) is 0 Å². The van der Waals surface area contributed by atoms with Crippen molar-refractivity contribution in [2.75, 3.05) is 39.3 Å². The van der Waals surface area contributed by atoms with Crippen molar-refractivity contribution in [1.29, 1.82) is 0 Å². The Kier molecular flexibility index (Phi) is 15.3. The summed E-state index contributed by atoms with van der Waals surface area (Å²) in [4.78, 5) is 93.5. The lowest BCUT2D eigenvalue weighted by Gasteiger charge is -2.39. The average Bonchev–Trinajstić information content (AvgIpc) is 4.08. The molecule has 6 aromatic rings. The van der Waals surface area contributed by atoms with Crippen molar-refractivity contribution in [2.45, 2.75) is 39.8 Å². The first-order valence-corrected chi connectivity index (χ1v) is 21.3. The molecule has 2 aromatic heterocycles. The number of hydrogen-bond donors (Lipinski definition) is 1. The fourth-order valence-electron chi connectivity index (χ4n) is 7.41. The Hall–Kier alpha value is -7.00. The second-order valence-electron chi connectivity index (χ2n) is 15.3. The number of amides is 4. The van der Waals surface area contributed by atoms with E-state index in [9.17, 15) is 28.8 Å². The summed E-state index contributed by atoms with van der Waals surface area (Å²) >= 11 is 3.40. The topological polar surface area (TPSA) is 162 Å². The Bertz CT molecular complexity index is 2520. The molecule has 4 amide bonds. The lowest BCUT2D eigenvalue weighted by atomic mass is 10.0. The van der Waals surface area contributed by atoms with Gasteiger partial charge in [0.2, 0.25) is 11.6 Å². The standard InChI is InChI=1S/C24H24N4O3.C21H21BrN2O3.C3H4N2/c1-17-14-20(8-9-21(17)27-11-10-25-16-27)22(29)24(31)28-13-12-26(15-18(28)2)23(30)19-6-4-3-5-7-19;1-14-12-17(8-9-18(14)22)19(25)21(27)24-11-10-23(13-15(24)2)20(26)16-6-4-3-5-7-16;1-2-5-3-4-1/h3-11,14,16,18H,12-13,15H2,1-2H3;3-9,12,15H,10-11,13H2,1-2H3;1-3H,(H,4,5)/t18-;15-;/m11./s1. The maximum Gasteiger partial charge on any atom is 0.295 e. The van der Waals surface area contributed by atoms with Crippen LogP contribution in [-0.2, 0) is 9.59 Å². The van der Waals surface area contributed by atoms with Crippen molar-refractivity contribution in [3.05, 3.63) is 172 Å². The van der Waals surface area contributed by atoms with E-state index in [0.717, 1.165) is 21.3 Å². The number of benzene rings is 4. The third-order valence-electron chi connectivity index (χ3n) is 10.8.